The highest BCUT2D eigenvalue weighted by Gasteiger charge is 2.21. The van der Waals surface area contributed by atoms with Gasteiger partial charge in [-0.05, 0) is 44.5 Å². The number of hydrogen-bond donors (Lipinski definition) is 0. The second-order valence-electron chi connectivity index (χ2n) is 7.95. The Bertz CT molecular complexity index is 1330. The molecule has 1 atom stereocenters. The lowest BCUT2D eigenvalue weighted by atomic mass is 10.1. The number of anilines is 1. The SMILES string of the molecule is Cc1nc(Cl)cn2cc(-c3cc4ccc(N5CCN(C)C(C)C5)cc4c(=O)o3)nc12. The zero-order valence-corrected chi connectivity index (χ0v) is 17.8. The van der Waals surface area contributed by atoms with Gasteiger partial charge in [0.25, 0.3) is 0 Å². The van der Waals surface area contributed by atoms with E-state index in [1.54, 1.807) is 16.8 Å². The van der Waals surface area contributed by atoms with E-state index >= 15 is 0 Å². The van der Waals surface area contributed by atoms with Gasteiger partial charge in [-0.25, -0.2) is 14.8 Å². The second-order valence-corrected chi connectivity index (χ2v) is 8.34. The fourth-order valence-corrected chi connectivity index (χ4v) is 4.24. The summed E-state index contributed by atoms with van der Waals surface area (Å²) in [5.41, 5.74) is 2.64. The zero-order valence-electron chi connectivity index (χ0n) is 17.1. The van der Waals surface area contributed by atoms with Crippen LogP contribution in [-0.2, 0) is 0 Å². The molecule has 30 heavy (non-hydrogen) atoms. The van der Waals surface area contributed by atoms with Gasteiger partial charge in [0.1, 0.15) is 10.8 Å². The lowest BCUT2D eigenvalue weighted by Gasteiger charge is -2.39. The van der Waals surface area contributed by atoms with Gasteiger partial charge in [0.2, 0.25) is 0 Å². The maximum atomic E-state index is 12.8. The van der Waals surface area contributed by atoms with Gasteiger partial charge in [-0.1, -0.05) is 17.7 Å². The quantitative estimate of drug-likeness (QED) is 0.490. The standard InChI is InChI=1S/C22H22ClN5O2/c1-13-10-27(7-6-26(13)3)16-5-4-15-8-19(30-22(29)17(15)9-16)18-11-28-12-20(23)24-14(2)21(28)25-18/h4-5,8-9,11-13H,6-7,10H2,1-3H3. The summed E-state index contributed by atoms with van der Waals surface area (Å²) in [6.07, 6.45) is 3.48. The van der Waals surface area contributed by atoms with Crippen LogP contribution in [0.25, 0.3) is 27.9 Å². The number of aryl methyl sites for hydroxylation is 1. The van der Waals surface area contributed by atoms with E-state index in [2.05, 4.69) is 39.8 Å². The molecular weight excluding hydrogens is 402 g/mol. The van der Waals surface area contributed by atoms with Crippen LogP contribution in [0, 0.1) is 6.92 Å². The molecule has 154 valence electrons. The maximum Gasteiger partial charge on any atom is 0.344 e. The number of piperazine rings is 1. The Kier molecular flexibility index (Phi) is 4.52. The van der Waals surface area contributed by atoms with Crippen LogP contribution in [-0.4, -0.2) is 52.0 Å². The second kappa shape index (κ2) is 7.11. The molecule has 1 aromatic carbocycles. The first-order valence-corrected chi connectivity index (χ1v) is 10.3. The summed E-state index contributed by atoms with van der Waals surface area (Å²) in [6.45, 7) is 6.93. The number of imidazole rings is 1. The fraction of sp³-hybridized carbons (Fsp3) is 0.318. The van der Waals surface area contributed by atoms with Crippen LogP contribution < -0.4 is 10.5 Å². The minimum absolute atomic E-state index is 0.364. The maximum absolute atomic E-state index is 12.8. The van der Waals surface area contributed by atoms with Crippen molar-refractivity contribution in [3.8, 4) is 11.5 Å². The Morgan fingerprint density at radius 3 is 2.80 bits per heavy atom. The summed E-state index contributed by atoms with van der Waals surface area (Å²) in [6, 6.07) is 8.31. The molecule has 8 heteroatoms. The van der Waals surface area contributed by atoms with Gasteiger partial charge < -0.3 is 18.6 Å². The third kappa shape index (κ3) is 3.24. The molecule has 0 radical (unpaired) electrons. The van der Waals surface area contributed by atoms with Crippen LogP contribution in [0.5, 0.6) is 0 Å². The highest BCUT2D eigenvalue weighted by Crippen LogP contribution is 2.27. The van der Waals surface area contributed by atoms with E-state index < -0.39 is 0 Å². The zero-order chi connectivity index (χ0) is 21.0. The van der Waals surface area contributed by atoms with E-state index in [0.717, 1.165) is 30.7 Å². The van der Waals surface area contributed by atoms with Crippen molar-refractivity contribution in [3.05, 3.63) is 57.9 Å². The van der Waals surface area contributed by atoms with Crippen molar-refractivity contribution < 1.29 is 4.42 Å². The van der Waals surface area contributed by atoms with Crippen LogP contribution in [0.15, 0.2) is 45.9 Å². The summed E-state index contributed by atoms with van der Waals surface area (Å²) >= 11 is 6.04. The number of nitrogens with zero attached hydrogens (tertiary/aromatic N) is 5. The molecule has 0 amide bonds. The minimum Gasteiger partial charge on any atom is -0.421 e. The fourth-order valence-electron chi connectivity index (χ4n) is 4.01. The van der Waals surface area contributed by atoms with E-state index in [9.17, 15) is 4.79 Å². The van der Waals surface area contributed by atoms with Crippen LogP contribution >= 0.6 is 11.6 Å². The van der Waals surface area contributed by atoms with Crippen molar-refractivity contribution in [2.75, 3.05) is 31.6 Å². The Hall–Kier alpha value is -2.90. The van der Waals surface area contributed by atoms with Crippen LogP contribution in [0.3, 0.4) is 0 Å². The summed E-state index contributed by atoms with van der Waals surface area (Å²) in [5.74, 6) is 0.424. The summed E-state index contributed by atoms with van der Waals surface area (Å²) < 4.78 is 7.44. The smallest absolute Gasteiger partial charge is 0.344 e. The lowest BCUT2D eigenvalue weighted by Crippen LogP contribution is -2.50. The van der Waals surface area contributed by atoms with Crippen molar-refractivity contribution >= 4 is 33.7 Å². The summed E-state index contributed by atoms with van der Waals surface area (Å²) in [7, 11) is 2.14. The predicted molar refractivity (Wildman–Crippen MR) is 119 cm³/mol. The lowest BCUT2D eigenvalue weighted by molar-refractivity contribution is 0.234. The van der Waals surface area contributed by atoms with Crippen molar-refractivity contribution in [2.24, 2.45) is 0 Å². The number of benzene rings is 1. The number of hydrogen-bond acceptors (Lipinski definition) is 6. The normalized spacial score (nSPS) is 17.9. The van der Waals surface area contributed by atoms with Crippen LogP contribution in [0.1, 0.15) is 12.6 Å². The molecule has 1 unspecified atom stereocenters. The first-order valence-electron chi connectivity index (χ1n) is 9.94. The molecule has 4 heterocycles. The number of aromatic nitrogens is 3. The van der Waals surface area contributed by atoms with E-state index in [1.807, 2.05) is 25.1 Å². The Morgan fingerprint density at radius 1 is 1.17 bits per heavy atom. The average molecular weight is 424 g/mol. The third-order valence-electron chi connectivity index (χ3n) is 5.90. The number of fused-ring (bicyclic) bond motifs is 2. The van der Waals surface area contributed by atoms with Gasteiger partial charge in [0.15, 0.2) is 11.4 Å². The van der Waals surface area contributed by atoms with E-state index in [0.29, 0.717) is 39.4 Å². The molecule has 0 N–H and O–H groups in total. The number of rotatable bonds is 2. The van der Waals surface area contributed by atoms with Crippen molar-refractivity contribution in [1.29, 1.82) is 0 Å². The highest BCUT2D eigenvalue weighted by molar-refractivity contribution is 6.29. The molecule has 1 saturated heterocycles. The Labute approximate surface area is 178 Å². The average Bonchev–Trinajstić information content (AvgIpc) is 3.14. The van der Waals surface area contributed by atoms with Crippen molar-refractivity contribution in [2.45, 2.75) is 19.9 Å². The number of likely N-dealkylation sites (N-methyl/N-ethyl adjacent to an activating group) is 1. The van der Waals surface area contributed by atoms with Gasteiger partial charge in [-0.2, -0.15) is 0 Å². The van der Waals surface area contributed by atoms with E-state index in [4.69, 9.17) is 16.0 Å². The van der Waals surface area contributed by atoms with E-state index in [1.165, 1.54) is 0 Å². The first-order chi connectivity index (χ1) is 14.4. The van der Waals surface area contributed by atoms with Gasteiger partial charge >= 0.3 is 5.63 Å². The van der Waals surface area contributed by atoms with Crippen molar-refractivity contribution in [3.63, 3.8) is 0 Å². The molecule has 4 aromatic rings. The predicted octanol–water partition coefficient (Wildman–Crippen LogP) is 3.60. The molecule has 5 rings (SSSR count). The molecule has 0 aliphatic carbocycles. The van der Waals surface area contributed by atoms with Crippen LogP contribution in [0.2, 0.25) is 5.15 Å². The Morgan fingerprint density at radius 2 is 2.00 bits per heavy atom. The molecule has 3 aromatic heterocycles. The Balaban J connectivity index is 1.55. The van der Waals surface area contributed by atoms with Gasteiger partial charge in [-0.15, -0.1) is 0 Å². The van der Waals surface area contributed by atoms with E-state index in [-0.39, 0.29) is 5.63 Å². The monoisotopic (exact) mass is 423 g/mol. The molecule has 0 spiro atoms. The van der Waals surface area contributed by atoms with Gasteiger partial charge in [0, 0.05) is 43.8 Å². The molecule has 0 bridgehead atoms. The summed E-state index contributed by atoms with van der Waals surface area (Å²) in [4.78, 5) is 26.3. The van der Waals surface area contributed by atoms with Gasteiger partial charge in [0.05, 0.1) is 11.1 Å². The molecule has 1 aliphatic heterocycles. The van der Waals surface area contributed by atoms with Crippen molar-refractivity contribution in [1.82, 2.24) is 19.3 Å². The largest absolute Gasteiger partial charge is 0.421 e. The summed E-state index contributed by atoms with van der Waals surface area (Å²) in [5, 5.41) is 1.79. The van der Waals surface area contributed by atoms with Gasteiger partial charge in [-0.3, -0.25) is 0 Å². The molecule has 0 saturated carbocycles. The first kappa shape index (κ1) is 19.1. The number of halogens is 1. The molecular formula is C22H22ClN5O2. The molecule has 1 fully saturated rings. The van der Waals surface area contributed by atoms with Crippen LogP contribution in [0.4, 0.5) is 5.69 Å². The molecule has 1 aliphatic rings. The molecule has 7 nitrogen and oxygen atoms in total. The highest BCUT2D eigenvalue weighted by atomic mass is 35.5. The third-order valence-corrected chi connectivity index (χ3v) is 6.08. The topological polar surface area (TPSA) is 66.9 Å². The minimum atomic E-state index is -0.364.